The van der Waals surface area contributed by atoms with Crippen LogP contribution in [-0.4, -0.2) is 34.8 Å². The third-order valence-electron chi connectivity index (χ3n) is 4.09. The Morgan fingerprint density at radius 2 is 2.25 bits per heavy atom. The summed E-state index contributed by atoms with van der Waals surface area (Å²) in [4.78, 5) is 14.2. The molecule has 0 radical (unpaired) electrons. The van der Waals surface area contributed by atoms with Crippen LogP contribution in [0.4, 0.5) is 0 Å². The van der Waals surface area contributed by atoms with E-state index in [0.29, 0.717) is 16.3 Å². The summed E-state index contributed by atoms with van der Waals surface area (Å²) in [6.45, 7) is 2.02. The fraction of sp³-hybridized carbons (Fsp3) is 0.500. The smallest absolute Gasteiger partial charge is 0.260 e. The molecule has 0 spiro atoms. The molecule has 1 aromatic rings. The van der Waals surface area contributed by atoms with Gasteiger partial charge in [0.2, 0.25) is 0 Å². The number of aliphatic hydroxyl groups excluding tert-OH is 1. The Morgan fingerprint density at radius 3 is 2.90 bits per heavy atom. The normalized spacial score (nSPS) is 25.6. The molecule has 1 aliphatic carbocycles. The van der Waals surface area contributed by atoms with Gasteiger partial charge in [0.15, 0.2) is 12.5 Å². The number of ether oxygens (including phenoxy) is 1. The van der Waals surface area contributed by atoms with Crippen LogP contribution in [0, 0.1) is 6.92 Å². The highest BCUT2D eigenvalue weighted by Crippen LogP contribution is 2.40. The molecule has 1 N–H and O–H groups in total. The molecule has 2 atom stereocenters. The topological polar surface area (TPSA) is 49.8 Å². The predicted molar refractivity (Wildman–Crippen MR) is 79.2 cm³/mol. The lowest BCUT2D eigenvalue weighted by molar-refractivity contribution is 0.0127. The third-order valence-corrected chi connectivity index (χ3v) is 5.36. The van der Waals surface area contributed by atoms with Crippen molar-refractivity contribution < 1.29 is 14.6 Å². The van der Waals surface area contributed by atoms with Crippen molar-refractivity contribution in [3.8, 4) is 5.75 Å². The molecule has 4 nitrogen and oxygen atoms in total. The van der Waals surface area contributed by atoms with Crippen LogP contribution in [0.1, 0.15) is 35.2 Å². The number of hydrogen-bond donors (Lipinski definition) is 1. The molecule has 3 rings (SSSR count). The van der Waals surface area contributed by atoms with Crippen molar-refractivity contribution in [2.75, 3.05) is 6.73 Å². The molecule has 20 heavy (non-hydrogen) atoms. The maximum Gasteiger partial charge on any atom is 0.260 e. The van der Waals surface area contributed by atoms with Crippen molar-refractivity contribution in [1.82, 2.24) is 4.90 Å². The zero-order valence-electron chi connectivity index (χ0n) is 11.0. The SMILES string of the molecule is Cc1c(Br)cc2c(c1Cl)OCN([C@H]1CCC[C@@H]1O)C2=O. The highest BCUT2D eigenvalue weighted by molar-refractivity contribution is 9.10. The Bertz CT molecular complexity index is 578. The fourth-order valence-corrected chi connectivity index (χ4v) is 3.67. The second kappa shape index (κ2) is 5.20. The maximum atomic E-state index is 12.6. The van der Waals surface area contributed by atoms with Gasteiger partial charge in [0.05, 0.1) is 22.7 Å². The number of hydrogen-bond acceptors (Lipinski definition) is 3. The van der Waals surface area contributed by atoms with Crippen molar-refractivity contribution in [2.45, 2.75) is 38.3 Å². The number of carbonyl (C=O) groups excluding carboxylic acids is 1. The number of amides is 1. The molecule has 0 unspecified atom stereocenters. The first-order valence-electron chi connectivity index (χ1n) is 6.61. The molecule has 2 aliphatic rings. The molecule has 1 aliphatic heterocycles. The van der Waals surface area contributed by atoms with Gasteiger partial charge in [0, 0.05) is 4.47 Å². The van der Waals surface area contributed by atoms with Crippen LogP contribution < -0.4 is 4.74 Å². The fourth-order valence-electron chi connectivity index (χ4n) is 2.87. The molecular formula is C14H15BrClNO3. The van der Waals surface area contributed by atoms with Gasteiger partial charge in [-0.15, -0.1) is 0 Å². The Morgan fingerprint density at radius 1 is 1.50 bits per heavy atom. The summed E-state index contributed by atoms with van der Waals surface area (Å²) in [5.74, 6) is 0.320. The number of fused-ring (bicyclic) bond motifs is 1. The number of benzene rings is 1. The minimum absolute atomic E-state index is 0.125. The molecule has 1 aromatic carbocycles. The Hall–Kier alpha value is -0.780. The van der Waals surface area contributed by atoms with Crippen molar-refractivity contribution in [3.05, 3.63) is 26.7 Å². The second-order valence-electron chi connectivity index (χ2n) is 5.29. The maximum absolute atomic E-state index is 12.6. The van der Waals surface area contributed by atoms with E-state index in [2.05, 4.69) is 15.9 Å². The summed E-state index contributed by atoms with van der Waals surface area (Å²) in [6, 6.07) is 1.58. The van der Waals surface area contributed by atoms with Crippen LogP contribution in [0.2, 0.25) is 5.02 Å². The van der Waals surface area contributed by atoms with Gasteiger partial charge in [-0.25, -0.2) is 0 Å². The number of rotatable bonds is 1. The van der Waals surface area contributed by atoms with Crippen LogP contribution in [0.5, 0.6) is 5.75 Å². The minimum Gasteiger partial charge on any atom is -0.471 e. The van der Waals surface area contributed by atoms with Crippen LogP contribution in [0.3, 0.4) is 0 Å². The van der Waals surface area contributed by atoms with E-state index in [1.165, 1.54) is 0 Å². The van der Waals surface area contributed by atoms with E-state index < -0.39 is 6.10 Å². The van der Waals surface area contributed by atoms with Gasteiger partial charge >= 0.3 is 0 Å². The molecule has 6 heteroatoms. The first-order valence-corrected chi connectivity index (χ1v) is 7.78. The number of nitrogens with zero attached hydrogens (tertiary/aromatic N) is 1. The quantitative estimate of drug-likeness (QED) is 0.837. The predicted octanol–water partition coefficient (Wildman–Crippen LogP) is 3.12. The van der Waals surface area contributed by atoms with Gasteiger partial charge in [0.1, 0.15) is 0 Å². The van der Waals surface area contributed by atoms with Crippen molar-refractivity contribution in [1.29, 1.82) is 0 Å². The van der Waals surface area contributed by atoms with Gasteiger partial charge in [-0.1, -0.05) is 27.5 Å². The minimum atomic E-state index is -0.464. The molecule has 0 aromatic heterocycles. The summed E-state index contributed by atoms with van der Waals surface area (Å²) in [5.41, 5.74) is 1.31. The van der Waals surface area contributed by atoms with E-state index in [9.17, 15) is 9.90 Å². The summed E-state index contributed by atoms with van der Waals surface area (Å²) >= 11 is 9.65. The zero-order valence-corrected chi connectivity index (χ0v) is 13.4. The molecule has 0 bridgehead atoms. The van der Waals surface area contributed by atoms with Crippen LogP contribution in [-0.2, 0) is 0 Å². The average molecular weight is 361 g/mol. The highest BCUT2D eigenvalue weighted by atomic mass is 79.9. The summed E-state index contributed by atoms with van der Waals surface area (Å²) in [6.07, 6.45) is 2.01. The number of halogens is 2. The molecular weight excluding hydrogens is 346 g/mol. The third kappa shape index (κ3) is 2.12. The van der Waals surface area contributed by atoms with Crippen LogP contribution in [0.15, 0.2) is 10.5 Å². The second-order valence-corrected chi connectivity index (χ2v) is 6.52. The monoisotopic (exact) mass is 359 g/mol. The van der Waals surface area contributed by atoms with Crippen molar-refractivity contribution >= 4 is 33.4 Å². The largest absolute Gasteiger partial charge is 0.471 e. The summed E-state index contributed by atoms with van der Waals surface area (Å²) < 4.78 is 6.46. The lowest BCUT2D eigenvalue weighted by Gasteiger charge is -2.35. The van der Waals surface area contributed by atoms with Gasteiger partial charge in [0.25, 0.3) is 5.91 Å². The Balaban J connectivity index is 1.99. The van der Waals surface area contributed by atoms with Crippen molar-refractivity contribution in [2.24, 2.45) is 0 Å². The standard InChI is InChI=1S/C14H15BrClNO3/c1-7-9(15)5-8-13(12(7)16)20-6-17(14(8)19)10-3-2-4-11(10)18/h5,10-11,18H,2-4,6H2,1H3/t10-,11-/m0/s1. The first kappa shape index (κ1) is 14.2. The zero-order chi connectivity index (χ0) is 14.4. The lowest BCUT2D eigenvalue weighted by Crippen LogP contribution is -2.48. The average Bonchev–Trinajstić information content (AvgIpc) is 2.84. The summed E-state index contributed by atoms with van der Waals surface area (Å²) in [5, 5.41) is 10.4. The van der Waals surface area contributed by atoms with E-state index in [1.54, 1.807) is 11.0 Å². The molecule has 1 saturated carbocycles. The first-order chi connectivity index (χ1) is 9.50. The van der Waals surface area contributed by atoms with Gasteiger partial charge in [-0.3, -0.25) is 9.69 Å². The molecule has 0 saturated heterocycles. The van der Waals surface area contributed by atoms with E-state index >= 15 is 0 Å². The van der Waals surface area contributed by atoms with E-state index in [-0.39, 0.29) is 18.7 Å². The molecule has 1 fully saturated rings. The number of carbonyl (C=O) groups is 1. The highest BCUT2D eigenvalue weighted by Gasteiger charge is 2.38. The molecule has 108 valence electrons. The molecule has 1 amide bonds. The van der Waals surface area contributed by atoms with Crippen LogP contribution >= 0.6 is 27.5 Å². The molecule has 1 heterocycles. The lowest BCUT2D eigenvalue weighted by atomic mass is 10.1. The van der Waals surface area contributed by atoms with Crippen molar-refractivity contribution in [3.63, 3.8) is 0 Å². The van der Waals surface area contributed by atoms with E-state index in [4.69, 9.17) is 16.3 Å². The van der Waals surface area contributed by atoms with Gasteiger partial charge < -0.3 is 9.84 Å². The number of aliphatic hydroxyl groups is 1. The Kier molecular flexibility index (Phi) is 3.69. The summed E-state index contributed by atoms with van der Waals surface area (Å²) in [7, 11) is 0. The van der Waals surface area contributed by atoms with Gasteiger partial charge in [-0.2, -0.15) is 0 Å². The van der Waals surface area contributed by atoms with E-state index in [1.807, 2.05) is 6.92 Å². The van der Waals surface area contributed by atoms with E-state index in [0.717, 1.165) is 29.3 Å². The van der Waals surface area contributed by atoms with Crippen LogP contribution in [0.25, 0.3) is 0 Å². The van der Waals surface area contributed by atoms with Gasteiger partial charge in [-0.05, 0) is 37.8 Å². The Labute approximate surface area is 130 Å².